The van der Waals surface area contributed by atoms with E-state index in [4.69, 9.17) is 9.84 Å². The van der Waals surface area contributed by atoms with Gasteiger partial charge >= 0.3 is 5.97 Å². The fourth-order valence-electron chi connectivity index (χ4n) is 0.756. The third kappa shape index (κ3) is 2.43. The Morgan fingerprint density at radius 2 is 2.17 bits per heavy atom. The molecule has 4 heteroatoms. The molecule has 0 saturated carbocycles. The molecule has 66 valence electrons. The van der Waals surface area contributed by atoms with Crippen molar-refractivity contribution in [3.63, 3.8) is 0 Å². The van der Waals surface area contributed by atoms with Crippen molar-refractivity contribution in [2.45, 2.75) is 0 Å². The van der Waals surface area contributed by atoms with Crippen LogP contribution in [0.15, 0.2) is 24.3 Å². The summed E-state index contributed by atoms with van der Waals surface area (Å²) in [7, 11) is 1.50. The number of hydrogen-bond donors (Lipinski definition) is 1. The zero-order valence-corrected chi connectivity index (χ0v) is 7.30. The zero-order chi connectivity index (χ0) is 8.27. The fraction of sp³-hybridized carbons (Fsp3) is 0.125. The molecular weight excluding hydrogens is 180 g/mol. The molecule has 3 nitrogen and oxygen atoms in total. The van der Waals surface area contributed by atoms with E-state index >= 15 is 0 Å². The quantitative estimate of drug-likeness (QED) is 0.770. The molecule has 12 heavy (non-hydrogen) atoms. The maximum Gasteiger partial charge on any atom is 0.335 e. The van der Waals surface area contributed by atoms with E-state index in [1.54, 1.807) is 12.1 Å². The Morgan fingerprint density at radius 1 is 1.50 bits per heavy atom. The van der Waals surface area contributed by atoms with E-state index in [0.717, 1.165) is 0 Å². The Balaban J connectivity index is 0.00000121. The van der Waals surface area contributed by atoms with Gasteiger partial charge in [0.1, 0.15) is 5.75 Å². The third-order valence-corrected chi connectivity index (χ3v) is 1.32. The van der Waals surface area contributed by atoms with Gasteiger partial charge in [0.25, 0.3) is 0 Å². The number of aromatic carboxylic acids is 1. The number of halogens is 1. The molecule has 1 N–H and O–H groups in total. The Hall–Kier alpha value is -1.22. The molecule has 0 aliphatic carbocycles. The number of ether oxygens (including phenoxy) is 1. The lowest BCUT2D eigenvalue weighted by Gasteiger charge is -1.98. The van der Waals surface area contributed by atoms with Crippen LogP contribution in [0.3, 0.4) is 0 Å². The minimum absolute atomic E-state index is 0. The molecular formula is C8H9ClO3. The highest BCUT2D eigenvalue weighted by atomic mass is 35.5. The van der Waals surface area contributed by atoms with Crippen LogP contribution < -0.4 is 4.74 Å². The van der Waals surface area contributed by atoms with Gasteiger partial charge in [-0.05, 0) is 18.2 Å². The van der Waals surface area contributed by atoms with E-state index in [0.29, 0.717) is 5.75 Å². The second-order valence-electron chi connectivity index (χ2n) is 2.04. The maximum atomic E-state index is 10.4. The first-order chi connectivity index (χ1) is 5.24. The first-order valence-corrected chi connectivity index (χ1v) is 3.11. The van der Waals surface area contributed by atoms with Crippen molar-refractivity contribution in [3.8, 4) is 5.75 Å². The van der Waals surface area contributed by atoms with Crippen LogP contribution in [0.1, 0.15) is 10.4 Å². The highest BCUT2D eigenvalue weighted by Gasteiger charge is 2.01. The van der Waals surface area contributed by atoms with Crippen molar-refractivity contribution in [3.05, 3.63) is 29.8 Å². The molecule has 0 bridgehead atoms. The molecule has 0 fully saturated rings. The highest BCUT2D eigenvalue weighted by Crippen LogP contribution is 2.11. The Bertz CT molecular complexity index is 273. The summed E-state index contributed by atoms with van der Waals surface area (Å²) in [5.41, 5.74) is 0.240. The molecule has 0 spiro atoms. The van der Waals surface area contributed by atoms with E-state index in [1.807, 2.05) is 0 Å². The predicted octanol–water partition coefficient (Wildman–Crippen LogP) is 1.82. The van der Waals surface area contributed by atoms with Crippen LogP contribution in [0, 0.1) is 0 Å². The summed E-state index contributed by atoms with van der Waals surface area (Å²) in [5.74, 6) is -0.381. The Kier molecular flexibility index (Phi) is 4.15. The average Bonchev–Trinajstić information content (AvgIpc) is 2.05. The number of carbonyl (C=O) groups is 1. The summed E-state index contributed by atoms with van der Waals surface area (Å²) in [6, 6.07) is 6.34. The zero-order valence-electron chi connectivity index (χ0n) is 6.48. The molecule has 0 amide bonds. The minimum Gasteiger partial charge on any atom is -0.497 e. The normalized spacial score (nSPS) is 8.42. The number of carboxylic acid groups (broad SMARTS) is 1. The molecule has 1 aromatic carbocycles. The molecule has 1 rings (SSSR count). The van der Waals surface area contributed by atoms with Gasteiger partial charge in [0.15, 0.2) is 0 Å². The average molecular weight is 189 g/mol. The van der Waals surface area contributed by atoms with Crippen molar-refractivity contribution >= 4 is 18.4 Å². The number of rotatable bonds is 2. The van der Waals surface area contributed by atoms with Crippen LogP contribution >= 0.6 is 12.4 Å². The van der Waals surface area contributed by atoms with Crippen LogP contribution in [0.5, 0.6) is 5.75 Å². The summed E-state index contributed by atoms with van der Waals surface area (Å²) in [6.07, 6.45) is 0. The van der Waals surface area contributed by atoms with Gasteiger partial charge in [-0.1, -0.05) is 6.07 Å². The third-order valence-electron chi connectivity index (χ3n) is 1.32. The smallest absolute Gasteiger partial charge is 0.335 e. The van der Waals surface area contributed by atoms with Gasteiger partial charge in [0.2, 0.25) is 0 Å². The molecule has 0 aromatic heterocycles. The van der Waals surface area contributed by atoms with Crippen LogP contribution in [-0.4, -0.2) is 18.2 Å². The Morgan fingerprint density at radius 3 is 2.67 bits per heavy atom. The summed E-state index contributed by atoms with van der Waals surface area (Å²) in [5, 5.41) is 8.55. The Labute approximate surface area is 76.4 Å². The minimum atomic E-state index is -0.941. The van der Waals surface area contributed by atoms with Gasteiger partial charge in [-0.25, -0.2) is 4.79 Å². The van der Waals surface area contributed by atoms with Gasteiger partial charge in [-0.3, -0.25) is 0 Å². The lowest BCUT2D eigenvalue weighted by molar-refractivity contribution is 0.0696. The van der Waals surface area contributed by atoms with Crippen LogP contribution in [-0.2, 0) is 0 Å². The van der Waals surface area contributed by atoms with Crippen molar-refractivity contribution in [2.75, 3.05) is 7.11 Å². The van der Waals surface area contributed by atoms with Gasteiger partial charge in [0.05, 0.1) is 12.7 Å². The standard InChI is InChI=1S/C8H8O3.ClH/c1-11-7-4-2-3-6(5-7)8(9)10;/h2-5H,1H3,(H,9,10);1H. The summed E-state index contributed by atoms with van der Waals surface area (Å²) < 4.78 is 4.84. The van der Waals surface area contributed by atoms with Crippen molar-refractivity contribution in [2.24, 2.45) is 0 Å². The molecule has 0 unspecified atom stereocenters. The monoisotopic (exact) mass is 188 g/mol. The van der Waals surface area contributed by atoms with Crippen LogP contribution in [0.4, 0.5) is 0 Å². The predicted molar refractivity (Wildman–Crippen MR) is 47.2 cm³/mol. The van der Waals surface area contributed by atoms with E-state index in [2.05, 4.69) is 0 Å². The lowest BCUT2D eigenvalue weighted by Crippen LogP contribution is -1.95. The second kappa shape index (κ2) is 4.62. The van der Waals surface area contributed by atoms with Gasteiger partial charge in [-0.15, -0.1) is 12.4 Å². The van der Waals surface area contributed by atoms with E-state index in [1.165, 1.54) is 19.2 Å². The largest absolute Gasteiger partial charge is 0.497 e. The molecule has 0 aliphatic rings. The molecule has 0 aliphatic heterocycles. The van der Waals surface area contributed by atoms with Gasteiger partial charge < -0.3 is 9.84 Å². The summed E-state index contributed by atoms with van der Waals surface area (Å²) in [4.78, 5) is 10.4. The molecule has 0 saturated heterocycles. The van der Waals surface area contributed by atoms with Gasteiger partial charge in [-0.2, -0.15) is 0 Å². The number of benzene rings is 1. The lowest BCUT2D eigenvalue weighted by atomic mass is 10.2. The van der Waals surface area contributed by atoms with Crippen LogP contribution in [0.25, 0.3) is 0 Å². The molecule has 0 heterocycles. The van der Waals surface area contributed by atoms with E-state index < -0.39 is 5.97 Å². The topological polar surface area (TPSA) is 46.5 Å². The summed E-state index contributed by atoms with van der Waals surface area (Å²) in [6.45, 7) is 0. The molecule has 0 radical (unpaired) electrons. The van der Waals surface area contributed by atoms with Crippen molar-refractivity contribution in [1.82, 2.24) is 0 Å². The maximum absolute atomic E-state index is 10.4. The van der Waals surface area contributed by atoms with Crippen LogP contribution in [0.2, 0.25) is 0 Å². The van der Waals surface area contributed by atoms with E-state index in [-0.39, 0.29) is 18.0 Å². The fourth-order valence-corrected chi connectivity index (χ4v) is 0.756. The first kappa shape index (κ1) is 10.8. The second-order valence-corrected chi connectivity index (χ2v) is 2.04. The van der Waals surface area contributed by atoms with E-state index in [9.17, 15) is 4.79 Å². The van der Waals surface area contributed by atoms with Gasteiger partial charge in [0, 0.05) is 0 Å². The SMILES string of the molecule is COc1cccc(C(=O)O)c1.Cl. The number of carboxylic acids is 1. The number of methoxy groups -OCH3 is 1. The highest BCUT2D eigenvalue weighted by molar-refractivity contribution is 5.88. The molecule has 1 aromatic rings. The molecule has 0 atom stereocenters. The first-order valence-electron chi connectivity index (χ1n) is 3.11. The van der Waals surface area contributed by atoms with Crippen molar-refractivity contribution < 1.29 is 14.6 Å². The summed E-state index contributed by atoms with van der Waals surface area (Å²) >= 11 is 0. The van der Waals surface area contributed by atoms with Crippen molar-refractivity contribution in [1.29, 1.82) is 0 Å². The number of hydrogen-bond acceptors (Lipinski definition) is 2.